The van der Waals surface area contributed by atoms with Gasteiger partial charge < -0.3 is 33.7 Å². The summed E-state index contributed by atoms with van der Waals surface area (Å²) in [6, 6.07) is 16.4. The minimum absolute atomic E-state index is 0.137. The van der Waals surface area contributed by atoms with Gasteiger partial charge in [-0.25, -0.2) is 0 Å². The first-order valence-corrected chi connectivity index (χ1v) is 15.9. The van der Waals surface area contributed by atoms with Crippen LogP contribution in [-0.4, -0.2) is 34.5 Å². The van der Waals surface area contributed by atoms with E-state index in [1.807, 2.05) is 24.3 Å². The fourth-order valence-corrected chi connectivity index (χ4v) is 12.1. The fraction of sp³-hybridized carbons (Fsp3) is 0.250. The van der Waals surface area contributed by atoms with E-state index < -0.39 is 8.07 Å². The van der Waals surface area contributed by atoms with Gasteiger partial charge in [-0.1, -0.05) is 20.4 Å². The first kappa shape index (κ1) is 23.7. The van der Waals surface area contributed by atoms with E-state index >= 15 is 0 Å². The van der Waals surface area contributed by atoms with Crippen molar-refractivity contribution in [2.24, 2.45) is 0 Å². The van der Waals surface area contributed by atoms with Crippen LogP contribution in [0.25, 0.3) is 0 Å². The molecule has 1 unspecified atom stereocenters. The van der Waals surface area contributed by atoms with E-state index in [1.54, 1.807) is 21.3 Å². The van der Waals surface area contributed by atoms with Crippen molar-refractivity contribution in [1.82, 2.24) is 0 Å². The van der Waals surface area contributed by atoms with Gasteiger partial charge in [0.1, 0.15) is 28.7 Å². The highest BCUT2D eigenvalue weighted by atomic mass is 28.3. The van der Waals surface area contributed by atoms with Gasteiger partial charge in [0.2, 0.25) is 0 Å². The SMILES string of the molecule is COc1cc2c3c(c1)Oc1c(CO)cc4c5c1[Si]3(C)c1c(ccc(OC)c1O2)N5c1ccc(OC)cc1C4(C)C. The van der Waals surface area contributed by atoms with E-state index in [9.17, 15) is 5.11 Å². The summed E-state index contributed by atoms with van der Waals surface area (Å²) in [5.41, 5.74) is 6.03. The molecule has 8 rings (SSSR count). The van der Waals surface area contributed by atoms with Gasteiger partial charge in [0, 0.05) is 38.7 Å². The van der Waals surface area contributed by atoms with Crippen LogP contribution in [0, 0.1) is 0 Å². The molecule has 1 N–H and O–H groups in total. The summed E-state index contributed by atoms with van der Waals surface area (Å²) >= 11 is 0. The van der Waals surface area contributed by atoms with Crippen molar-refractivity contribution in [2.75, 3.05) is 26.2 Å². The zero-order chi connectivity index (χ0) is 27.7. The quantitative estimate of drug-likeness (QED) is 0.318. The van der Waals surface area contributed by atoms with Gasteiger partial charge in [-0.05, 0) is 47.5 Å². The van der Waals surface area contributed by atoms with Crippen LogP contribution in [0.4, 0.5) is 17.1 Å². The second kappa shape index (κ2) is 7.53. The molecule has 0 amide bonds. The Bertz CT molecular complexity index is 1800. The fourth-order valence-electron chi connectivity index (χ4n) is 7.39. The Balaban J connectivity index is 1.58. The van der Waals surface area contributed by atoms with Crippen LogP contribution in [0.2, 0.25) is 6.55 Å². The van der Waals surface area contributed by atoms with E-state index in [0.29, 0.717) is 11.5 Å². The molecule has 4 aromatic rings. The lowest BCUT2D eigenvalue weighted by Crippen LogP contribution is -2.72. The molecular weight excluding hydrogens is 522 g/mol. The Morgan fingerprint density at radius 2 is 1.48 bits per heavy atom. The van der Waals surface area contributed by atoms with Crippen molar-refractivity contribution in [3.05, 3.63) is 65.2 Å². The number of ether oxygens (including phenoxy) is 5. The van der Waals surface area contributed by atoms with Gasteiger partial charge >= 0.3 is 0 Å². The summed E-state index contributed by atoms with van der Waals surface area (Å²) in [6.07, 6.45) is 0. The maximum absolute atomic E-state index is 10.7. The molecule has 40 heavy (non-hydrogen) atoms. The van der Waals surface area contributed by atoms with Crippen LogP contribution >= 0.6 is 0 Å². The molecular formula is C32H29NO6Si. The molecule has 4 aromatic carbocycles. The van der Waals surface area contributed by atoms with Crippen molar-refractivity contribution >= 4 is 40.7 Å². The molecule has 0 saturated carbocycles. The average molecular weight is 552 g/mol. The molecule has 7 nitrogen and oxygen atoms in total. The standard InChI is InChI=1S/C32H29NO6Si/c1-32(2)19-12-17(35-3)7-8-21(19)33-22-9-10-23(37-5)28-29(22)40(6)30-24(13-18(36-4)14-25(30)39-28)38-27-16(15-34)11-20(32)26(33)31(27)40/h7-14,34H,15H2,1-6H3. The van der Waals surface area contributed by atoms with Gasteiger partial charge in [0.25, 0.3) is 0 Å². The van der Waals surface area contributed by atoms with Crippen LogP contribution in [0.3, 0.4) is 0 Å². The molecule has 0 saturated heterocycles. The van der Waals surface area contributed by atoms with Crippen molar-refractivity contribution in [3.63, 3.8) is 0 Å². The van der Waals surface area contributed by atoms with Crippen LogP contribution in [0.1, 0.15) is 30.5 Å². The van der Waals surface area contributed by atoms with E-state index in [1.165, 1.54) is 0 Å². The second-order valence-electron chi connectivity index (χ2n) is 11.5. The lowest BCUT2D eigenvalue weighted by Gasteiger charge is -2.53. The molecule has 4 aliphatic heterocycles. The Kier molecular flexibility index (Phi) is 4.46. The topological polar surface area (TPSA) is 69.6 Å². The van der Waals surface area contributed by atoms with Gasteiger partial charge in [-0.3, -0.25) is 0 Å². The monoisotopic (exact) mass is 551 g/mol. The minimum Gasteiger partial charge on any atom is -0.497 e. The third kappa shape index (κ3) is 2.54. The van der Waals surface area contributed by atoms with Crippen LogP contribution in [-0.2, 0) is 12.0 Å². The van der Waals surface area contributed by atoms with Crippen LogP contribution in [0.15, 0.2) is 48.5 Å². The third-order valence-electron chi connectivity index (χ3n) is 9.27. The van der Waals surface area contributed by atoms with Gasteiger partial charge in [-0.2, -0.15) is 0 Å². The molecule has 0 spiro atoms. The summed E-state index contributed by atoms with van der Waals surface area (Å²) in [7, 11) is 2.26. The van der Waals surface area contributed by atoms with E-state index in [2.05, 4.69) is 49.6 Å². The number of hydrogen-bond acceptors (Lipinski definition) is 7. The number of methoxy groups -OCH3 is 3. The number of rotatable bonds is 4. The van der Waals surface area contributed by atoms with Crippen molar-refractivity contribution in [3.8, 4) is 40.2 Å². The van der Waals surface area contributed by atoms with Crippen molar-refractivity contribution in [1.29, 1.82) is 0 Å². The predicted molar refractivity (Wildman–Crippen MR) is 156 cm³/mol. The van der Waals surface area contributed by atoms with Gasteiger partial charge in [-0.15, -0.1) is 0 Å². The Morgan fingerprint density at radius 3 is 2.15 bits per heavy atom. The first-order chi connectivity index (χ1) is 19.3. The lowest BCUT2D eigenvalue weighted by atomic mass is 9.72. The molecule has 1 atom stereocenters. The zero-order valence-electron chi connectivity index (χ0n) is 23.3. The first-order valence-electron chi connectivity index (χ1n) is 13.4. The number of aliphatic hydroxyl groups excluding tert-OH is 1. The molecule has 0 radical (unpaired) electrons. The summed E-state index contributed by atoms with van der Waals surface area (Å²) in [5, 5.41) is 14.1. The Hall–Kier alpha value is -4.14. The second-order valence-corrected chi connectivity index (χ2v) is 15.2. The summed E-state index contributed by atoms with van der Waals surface area (Å²) < 4.78 is 30.6. The highest BCUT2D eigenvalue weighted by molar-refractivity contribution is 7.14. The number of benzene rings is 4. The van der Waals surface area contributed by atoms with E-state index in [0.717, 1.165) is 78.1 Å². The highest BCUT2D eigenvalue weighted by Gasteiger charge is 2.58. The maximum atomic E-state index is 10.7. The molecule has 0 aliphatic carbocycles. The number of nitrogens with zero attached hydrogens (tertiary/aromatic N) is 1. The van der Waals surface area contributed by atoms with Crippen LogP contribution in [0.5, 0.6) is 40.2 Å². The van der Waals surface area contributed by atoms with Crippen molar-refractivity contribution in [2.45, 2.75) is 32.4 Å². The van der Waals surface area contributed by atoms with Crippen molar-refractivity contribution < 1.29 is 28.8 Å². The Labute approximate surface area is 233 Å². The average Bonchev–Trinajstić information content (AvgIpc) is 2.96. The predicted octanol–water partition coefficient (Wildman–Crippen LogP) is 4.94. The molecule has 0 bridgehead atoms. The summed E-state index contributed by atoms with van der Waals surface area (Å²) in [4.78, 5) is 2.36. The smallest absolute Gasteiger partial charge is 0.171 e. The molecule has 202 valence electrons. The van der Waals surface area contributed by atoms with E-state index in [-0.39, 0.29) is 12.0 Å². The summed E-state index contributed by atoms with van der Waals surface area (Å²) in [5.74, 6) is 5.06. The van der Waals surface area contributed by atoms with E-state index in [4.69, 9.17) is 23.7 Å². The zero-order valence-corrected chi connectivity index (χ0v) is 24.3. The molecule has 4 heterocycles. The molecule has 0 fully saturated rings. The largest absolute Gasteiger partial charge is 0.497 e. The van der Waals surface area contributed by atoms with Gasteiger partial charge in [0.15, 0.2) is 19.6 Å². The molecule has 0 aromatic heterocycles. The van der Waals surface area contributed by atoms with Gasteiger partial charge in [0.05, 0.1) is 45.0 Å². The summed E-state index contributed by atoms with van der Waals surface area (Å²) in [6.45, 7) is 6.74. The maximum Gasteiger partial charge on any atom is 0.171 e. The normalized spacial score (nSPS) is 19.1. The lowest BCUT2D eigenvalue weighted by molar-refractivity contribution is 0.276. The molecule has 8 heteroatoms. The molecule has 4 aliphatic rings. The number of anilines is 3. The number of fused-ring (bicyclic) bond motifs is 3. The highest BCUT2D eigenvalue weighted by Crippen LogP contribution is 2.58. The third-order valence-corrected chi connectivity index (χ3v) is 13.7. The minimum atomic E-state index is -2.76. The van der Waals surface area contributed by atoms with Crippen LogP contribution < -0.4 is 44.1 Å². The Morgan fingerprint density at radius 1 is 0.775 bits per heavy atom. The number of hydrogen-bond donors (Lipinski definition) is 1. The number of aliphatic hydroxyl groups is 1.